The van der Waals surface area contributed by atoms with Gasteiger partial charge >= 0.3 is 0 Å². The first kappa shape index (κ1) is 24.1. The summed E-state index contributed by atoms with van der Waals surface area (Å²) in [4.78, 5) is 28.1. The Hall–Kier alpha value is -3.54. The molecule has 3 rings (SSSR count). The lowest BCUT2D eigenvalue weighted by molar-refractivity contribution is -0.140. The highest BCUT2D eigenvalue weighted by Gasteiger charge is 2.30. The van der Waals surface area contributed by atoms with Crippen molar-refractivity contribution in [2.75, 3.05) is 6.54 Å². The fourth-order valence-corrected chi connectivity index (χ4v) is 3.61. The summed E-state index contributed by atoms with van der Waals surface area (Å²) in [6.45, 7) is 2.37. The first-order valence-electron chi connectivity index (χ1n) is 11.1. The monoisotopic (exact) mass is 450 g/mol. The highest BCUT2D eigenvalue weighted by molar-refractivity contribution is 5.88. The van der Waals surface area contributed by atoms with Crippen molar-refractivity contribution in [2.45, 2.75) is 38.8 Å². The molecule has 0 radical (unpaired) electrons. The average Bonchev–Trinajstić information content (AvgIpc) is 2.83. The van der Waals surface area contributed by atoms with Crippen molar-refractivity contribution in [1.29, 1.82) is 0 Å². The van der Waals surface area contributed by atoms with Crippen molar-refractivity contribution in [1.82, 2.24) is 10.2 Å². The summed E-state index contributed by atoms with van der Waals surface area (Å²) >= 11 is 0. The van der Waals surface area contributed by atoms with E-state index >= 15 is 0 Å². The normalized spacial score (nSPS) is 11.6. The number of carbonyl (C=O) groups excluding carboxylic acids is 2. The van der Waals surface area contributed by atoms with Crippen molar-refractivity contribution in [3.05, 3.63) is 107 Å². The van der Waals surface area contributed by atoms with Crippen LogP contribution in [0.25, 0.3) is 0 Å². The molecule has 0 saturated carbocycles. The van der Waals surface area contributed by atoms with Crippen molar-refractivity contribution in [3.63, 3.8) is 0 Å². The van der Waals surface area contributed by atoms with E-state index < -0.39 is 17.7 Å². The van der Waals surface area contributed by atoms with Crippen LogP contribution in [0.5, 0.6) is 0 Å². The molecule has 172 valence electrons. The first-order chi connectivity index (χ1) is 16.0. The Bertz CT molecular complexity index is 1060. The second-order valence-electron chi connectivity index (χ2n) is 7.91. The molecule has 0 aromatic heterocycles. The lowest BCUT2D eigenvalue weighted by Gasteiger charge is -2.31. The summed E-state index contributed by atoms with van der Waals surface area (Å²) in [7, 11) is 0. The Morgan fingerprint density at radius 2 is 1.55 bits per heavy atom. The van der Waals surface area contributed by atoms with Gasteiger partial charge < -0.3 is 10.2 Å². The number of hydrogen-bond donors (Lipinski definition) is 1. The predicted molar refractivity (Wildman–Crippen MR) is 124 cm³/mol. The lowest BCUT2D eigenvalue weighted by atomic mass is 10.0. The summed E-state index contributed by atoms with van der Waals surface area (Å²) in [5, 5.41) is 2.88. The molecule has 0 aliphatic heterocycles. The Kier molecular flexibility index (Phi) is 8.70. The topological polar surface area (TPSA) is 49.4 Å². The number of nitrogens with zero attached hydrogens (tertiary/aromatic N) is 1. The van der Waals surface area contributed by atoms with E-state index in [0.717, 1.165) is 12.0 Å². The van der Waals surface area contributed by atoms with Gasteiger partial charge in [-0.25, -0.2) is 8.78 Å². The zero-order valence-corrected chi connectivity index (χ0v) is 18.6. The van der Waals surface area contributed by atoms with Crippen LogP contribution in [0.4, 0.5) is 8.78 Å². The van der Waals surface area contributed by atoms with Crippen LogP contribution in [0, 0.1) is 11.6 Å². The molecule has 0 heterocycles. The third kappa shape index (κ3) is 6.97. The van der Waals surface area contributed by atoms with Crippen LogP contribution in [0.2, 0.25) is 0 Å². The molecule has 4 nitrogen and oxygen atoms in total. The van der Waals surface area contributed by atoms with Gasteiger partial charge in [0.2, 0.25) is 11.8 Å². The van der Waals surface area contributed by atoms with E-state index in [1.807, 2.05) is 37.3 Å². The zero-order chi connectivity index (χ0) is 23.6. The molecular formula is C27H28F2N2O2. The van der Waals surface area contributed by atoms with Crippen LogP contribution in [0.15, 0.2) is 78.9 Å². The minimum Gasteiger partial charge on any atom is -0.354 e. The Balaban J connectivity index is 1.95. The standard InChI is InChI=1S/C27H28F2N2O2/c1-2-16-30-27(33)25(17-20-8-4-3-5-9-20)31(19-22-10-6-7-11-24(22)29)26(32)18-21-12-14-23(28)15-13-21/h3-15,25H,2,16-19H2,1H3,(H,30,33). The van der Waals surface area contributed by atoms with Crippen LogP contribution >= 0.6 is 0 Å². The summed E-state index contributed by atoms with van der Waals surface area (Å²) in [5.74, 6) is -1.46. The minimum atomic E-state index is -0.827. The Labute approximate surface area is 193 Å². The van der Waals surface area contributed by atoms with Crippen molar-refractivity contribution in [2.24, 2.45) is 0 Å². The molecule has 0 saturated heterocycles. The van der Waals surface area contributed by atoms with Gasteiger partial charge in [-0.2, -0.15) is 0 Å². The number of amides is 2. The van der Waals surface area contributed by atoms with Crippen LogP contribution in [-0.4, -0.2) is 29.3 Å². The van der Waals surface area contributed by atoms with Crippen LogP contribution < -0.4 is 5.32 Å². The van der Waals surface area contributed by atoms with Gasteiger partial charge in [-0.3, -0.25) is 9.59 Å². The maximum Gasteiger partial charge on any atom is 0.243 e. The molecule has 6 heteroatoms. The number of hydrogen-bond acceptors (Lipinski definition) is 2. The number of carbonyl (C=O) groups is 2. The molecule has 0 aliphatic carbocycles. The van der Waals surface area contributed by atoms with Gasteiger partial charge in [-0.1, -0.05) is 67.6 Å². The van der Waals surface area contributed by atoms with Gasteiger partial charge in [0, 0.05) is 25.1 Å². The third-order valence-corrected chi connectivity index (χ3v) is 5.39. The number of nitrogens with one attached hydrogen (secondary N) is 1. The number of benzene rings is 3. The summed E-state index contributed by atoms with van der Waals surface area (Å²) in [6, 6.07) is 20.5. The van der Waals surface area contributed by atoms with Crippen LogP contribution in [0.1, 0.15) is 30.0 Å². The first-order valence-corrected chi connectivity index (χ1v) is 11.1. The highest BCUT2D eigenvalue weighted by atomic mass is 19.1. The van der Waals surface area contributed by atoms with E-state index in [2.05, 4.69) is 5.32 Å². The molecule has 0 spiro atoms. The maximum absolute atomic E-state index is 14.5. The molecule has 3 aromatic carbocycles. The second-order valence-corrected chi connectivity index (χ2v) is 7.91. The van der Waals surface area contributed by atoms with E-state index in [1.165, 1.54) is 35.2 Å². The van der Waals surface area contributed by atoms with Gasteiger partial charge in [0.1, 0.15) is 17.7 Å². The Morgan fingerprint density at radius 3 is 2.21 bits per heavy atom. The summed E-state index contributed by atoms with van der Waals surface area (Å²) < 4.78 is 27.8. The molecule has 2 amide bonds. The fourth-order valence-electron chi connectivity index (χ4n) is 3.61. The van der Waals surface area contributed by atoms with Gasteiger partial charge in [-0.05, 0) is 35.7 Å². The predicted octanol–water partition coefficient (Wildman–Crippen LogP) is 4.67. The zero-order valence-electron chi connectivity index (χ0n) is 18.6. The van der Waals surface area contributed by atoms with Crippen molar-refractivity contribution in [3.8, 4) is 0 Å². The smallest absolute Gasteiger partial charge is 0.243 e. The molecular weight excluding hydrogens is 422 g/mol. The quantitative estimate of drug-likeness (QED) is 0.488. The molecule has 0 aliphatic rings. The van der Waals surface area contributed by atoms with E-state index in [9.17, 15) is 18.4 Å². The van der Waals surface area contributed by atoms with Crippen molar-refractivity contribution < 1.29 is 18.4 Å². The molecule has 3 aromatic rings. The third-order valence-electron chi connectivity index (χ3n) is 5.39. The van der Waals surface area contributed by atoms with Gasteiger partial charge in [0.25, 0.3) is 0 Å². The van der Waals surface area contributed by atoms with E-state index in [0.29, 0.717) is 24.1 Å². The number of halogens is 2. The molecule has 0 fully saturated rings. The molecule has 0 bridgehead atoms. The van der Waals surface area contributed by atoms with Crippen LogP contribution in [0.3, 0.4) is 0 Å². The van der Waals surface area contributed by atoms with Gasteiger partial charge in [0.05, 0.1) is 6.42 Å². The van der Waals surface area contributed by atoms with Gasteiger partial charge in [-0.15, -0.1) is 0 Å². The summed E-state index contributed by atoms with van der Waals surface area (Å²) in [5.41, 5.74) is 1.83. The van der Waals surface area contributed by atoms with Crippen molar-refractivity contribution >= 4 is 11.8 Å². The van der Waals surface area contributed by atoms with E-state index in [1.54, 1.807) is 18.2 Å². The lowest BCUT2D eigenvalue weighted by Crippen LogP contribution is -2.51. The molecule has 1 unspecified atom stereocenters. The second kappa shape index (κ2) is 11.9. The van der Waals surface area contributed by atoms with Crippen LogP contribution in [-0.2, 0) is 29.0 Å². The highest BCUT2D eigenvalue weighted by Crippen LogP contribution is 2.18. The largest absolute Gasteiger partial charge is 0.354 e. The Morgan fingerprint density at radius 1 is 0.879 bits per heavy atom. The fraction of sp³-hybridized carbons (Fsp3) is 0.259. The van der Waals surface area contributed by atoms with Gasteiger partial charge in [0.15, 0.2) is 0 Å². The number of rotatable bonds is 10. The van der Waals surface area contributed by atoms with E-state index in [-0.39, 0.29) is 24.8 Å². The minimum absolute atomic E-state index is 0.0267. The SMILES string of the molecule is CCCNC(=O)C(Cc1ccccc1)N(Cc1ccccc1F)C(=O)Cc1ccc(F)cc1. The maximum atomic E-state index is 14.5. The van der Waals surface area contributed by atoms with E-state index in [4.69, 9.17) is 0 Å². The molecule has 1 atom stereocenters. The summed E-state index contributed by atoms with van der Waals surface area (Å²) in [6.07, 6.45) is 1.02. The molecule has 33 heavy (non-hydrogen) atoms. The molecule has 1 N–H and O–H groups in total. The average molecular weight is 451 g/mol.